The van der Waals surface area contributed by atoms with Crippen molar-refractivity contribution in [2.24, 2.45) is 12.8 Å². The highest BCUT2D eigenvalue weighted by Gasteiger charge is 2.20. The quantitative estimate of drug-likeness (QED) is 0.794. The van der Waals surface area contributed by atoms with E-state index in [0.29, 0.717) is 10.9 Å². The van der Waals surface area contributed by atoms with Crippen molar-refractivity contribution in [1.29, 1.82) is 0 Å². The standard InChI is InChI=1S/C12H12N2O3S/c1-14-6-4-3-5-7(18-2)8(6)10(15)9(11(13)16)12(14)17/h3-5,15H,1-2H3,(H2,13,16). The highest BCUT2D eigenvalue weighted by atomic mass is 32.2. The lowest BCUT2D eigenvalue weighted by molar-refractivity contribution is 0.0996. The number of benzene rings is 1. The van der Waals surface area contributed by atoms with E-state index in [0.717, 1.165) is 4.90 Å². The summed E-state index contributed by atoms with van der Waals surface area (Å²) in [6.07, 6.45) is 1.85. The monoisotopic (exact) mass is 264 g/mol. The van der Waals surface area contributed by atoms with E-state index in [1.165, 1.54) is 16.3 Å². The minimum Gasteiger partial charge on any atom is -0.506 e. The van der Waals surface area contributed by atoms with Crippen molar-refractivity contribution < 1.29 is 9.90 Å². The minimum absolute atomic E-state index is 0.342. The van der Waals surface area contributed by atoms with Gasteiger partial charge in [-0.05, 0) is 18.4 Å². The van der Waals surface area contributed by atoms with Crippen molar-refractivity contribution in [1.82, 2.24) is 4.57 Å². The molecular weight excluding hydrogens is 252 g/mol. The summed E-state index contributed by atoms with van der Waals surface area (Å²) in [6.45, 7) is 0. The molecule has 0 fully saturated rings. The smallest absolute Gasteiger partial charge is 0.267 e. The molecule has 6 heteroatoms. The molecule has 0 unspecified atom stereocenters. The third-order valence-corrected chi connectivity index (χ3v) is 3.60. The normalized spacial score (nSPS) is 10.8. The summed E-state index contributed by atoms with van der Waals surface area (Å²) < 4.78 is 1.31. The predicted molar refractivity (Wildman–Crippen MR) is 71.2 cm³/mol. The fourth-order valence-corrected chi connectivity index (χ4v) is 2.55. The Balaban J connectivity index is 3.09. The van der Waals surface area contributed by atoms with Crippen LogP contribution in [0.4, 0.5) is 0 Å². The molecular formula is C12H12N2O3S. The summed E-state index contributed by atoms with van der Waals surface area (Å²) >= 11 is 1.42. The van der Waals surface area contributed by atoms with Gasteiger partial charge in [0.15, 0.2) is 0 Å². The van der Waals surface area contributed by atoms with Gasteiger partial charge in [-0.2, -0.15) is 0 Å². The number of nitrogens with two attached hydrogens (primary N) is 1. The van der Waals surface area contributed by atoms with Crippen LogP contribution in [0, 0.1) is 0 Å². The van der Waals surface area contributed by atoms with E-state index >= 15 is 0 Å². The van der Waals surface area contributed by atoms with Gasteiger partial charge in [0.2, 0.25) is 0 Å². The molecule has 2 aromatic rings. The Morgan fingerprint density at radius 1 is 1.44 bits per heavy atom. The first-order valence-corrected chi connectivity index (χ1v) is 6.40. The summed E-state index contributed by atoms with van der Waals surface area (Å²) in [6, 6.07) is 5.31. The molecule has 18 heavy (non-hydrogen) atoms. The third kappa shape index (κ3) is 1.65. The number of aryl methyl sites for hydroxylation is 1. The molecule has 1 aromatic heterocycles. The average molecular weight is 264 g/mol. The molecule has 0 atom stereocenters. The van der Waals surface area contributed by atoms with Gasteiger partial charge in [0.05, 0.1) is 10.9 Å². The zero-order valence-electron chi connectivity index (χ0n) is 9.93. The number of hydrogen-bond acceptors (Lipinski definition) is 4. The number of rotatable bonds is 2. The number of carbonyl (C=O) groups excluding carboxylic acids is 1. The Kier molecular flexibility index (Phi) is 3.04. The Morgan fingerprint density at radius 2 is 2.11 bits per heavy atom. The van der Waals surface area contributed by atoms with Crippen molar-refractivity contribution >= 4 is 28.6 Å². The van der Waals surface area contributed by atoms with E-state index < -0.39 is 11.5 Å². The van der Waals surface area contributed by atoms with Crippen molar-refractivity contribution in [3.8, 4) is 5.75 Å². The molecule has 1 heterocycles. The van der Waals surface area contributed by atoms with Crippen LogP contribution in [-0.2, 0) is 7.05 Å². The lowest BCUT2D eigenvalue weighted by atomic mass is 10.1. The fraction of sp³-hybridized carbons (Fsp3) is 0.167. The molecule has 0 radical (unpaired) electrons. The second-order valence-electron chi connectivity index (χ2n) is 3.81. The van der Waals surface area contributed by atoms with Crippen LogP contribution >= 0.6 is 11.8 Å². The number of pyridine rings is 1. The van der Waals surface area contributed by atoms with Crippen molar-refractivity contribution in [3.63, 3.8) is 0 Å². The van der Waals surface area contributed by atoms with Gasteiger partial charge >= 0.3 is 0 Å². The largest absolute Gasteiger partial charge is 0.506 e. The average Bonchev–Trinajstić information content (AvgIpc) is 2.34. The van der Waals surface area contributed by atoms with Crippen LogP contribution in [0.5, 0.6) is 5.75 Å². The topological polar surface area (TPSA) is 85.3 Å². The van der Waals surface area contributed by atoms with Crippen LogP contribution in [0.1, 0.15) is 10.4 Å². The first-order valence-electron chi connectivity index (χ1n) is 5.17. The zero-order chi connectivity index (χ0) is 13.4. The molecule has 0 saturated heterocycles. The lowest BCUT2D eigenvalue weighted by Crippen LogP contribution is -2.28. The van der Waals surface area contributed by atoms with Gasteiger partial charge in [0.1, 0.15) is 11.3 Å². The Bertz CT molecular complexity index is 707. The second kappa shape index (κ2) is 4.38. The molecule has 0 aliphatic rings. The number of thioether (sulfide) groups is 1. The van der Waals surface area contributed by atoms with Crippen LogP contribution in [0.2, 0.25) is 0 Å². The first-order chi connectivity index (χ1) is 8.49. The van der Waals surface area contributed by atoms with Crippen molar-refractivity contribution in [2.75, 3.05) is 6.26 Å². The summed E-state index contributed by atoms with van der Waals surface area (Å²) in [5.41, 5.74) is 4.75. The van der Waals surface area contributed by atoms with E-state index in [-0.39, 0.29) is 11.3 Å². The minimum atomic E-state index is -0.925. The lowest BCUT2D eigenvalue weighted by Gasteiger charge is -2.12. The molecule has 0 aliphatic heterocycles. The number of aromatic nitrogens is 1. The number of fused-ring (bicyclic) bond motifs is 1. The number of primary amides is 1. The van der Waals surface area contributed by atoms with Crippen LogP contribution in [-0.4, -0.2) is 21.8 Å². The molecule has 1 amide bonds. The van der Waals surface area contributed by atoms with Crippen LogP contribution in [0.15, 0.2) is 27.9 Å². The number of nitrogens with zero attached hydrogens (tertiary/aromatic N) is 1. The first kappa shape index (κ1) is 12.5. The highest BCUT2D eigenvalue weighted by molar-refractivity contribution is 7.98. The van der Waals surface area contributed by atoms with E-state index in [1.54, 1.807) is 19.2 Å². The van der Waals surface area contributed by atoms with E-state index in [9.17, 15) is 14.7 Å². The maximum atomic E-state index is 11.9. The van der Waals surface area contributed by atoms with Crippen molar-refractivity contribution in [3.05, 3.63) is 34.1 Å². The number of amides is 1. The second-order valence-corrected chi connectivity index (χ2v) is 4.65. The van der Waals surface area contributed by atoms with E-state index in [2.05, 4.69) is 0 Å². The van der Waals surface area contributed by atoms with Gasteiger partial charge in [0.25, 0.3) is 11.5 Å². The summed E-state index contributed by atoms with van der Waals surface area (Å²) in [5, 5.41) is 10.6. The third-order valence-electron chi connectivity index (χ3n) is 2.82. The molecule has 2 rings (SSSR count). The molecule has 5 nitrogen and oxygen atoms in total. The van der Waals surface area contributed by atoms with Gasteiger partial charge in [-0.3, -0.25) is 9.59 Å². The summed E-state index contributed by atoms with van der Waals surface area (Å²) in [5.74, 6) is -1.27. The zero-order valence-corrected chi connectivity index (χ0v) is 10.7. The van der Waals surface area contributed by atoms with Gasteiger partial charge in [-0.25, -0.2) is 0 Å². The molecule has 0 saturated carbocycles. The van der Waals surface area contributed by atoms with Crippen molar-refractivity contribution in [2.45, 2.75) is 4.90 Å². The molecule has 0 aliphatic carbocycles. The van der Waals surface area contributed by atoms with Gasteiger partial charge < -0.3 is 15.4 Å². The molecule has 1 aromatic carbocycles. The number of aromatic hydroxyl groups is 1. The summed E-state index contributed by atoms with van der Waals surface area (Å²) in [7, 11) is 1.54. The highest BCUT2D eigenvalue weighted by Crippen LogP contribution is 2.33. The molecule has 94 valence electrons. The van der Waals surface area contributed by atoms with E-state index in [1.807, 2.05) is 12.3 Å². The Labute approximate surface area is 107 Å². The fourth-order valence-electron chi connectivity index (χ4n) is 1.93. The Morgan fingerprint density at radius 3 is 2.67 bits per heavy atom. The molecule has 0 spiro atoms. The number of carbonyl (C=O) groups is 1. The molecule has 3 N–H and O–H groups in total. The van der Waals surface area contributed by atoms with Crippen LogP contribution in [0.25, 0.3) is 10.9 Å². The van der Waals surface area contributed by atoms with E-state index in [4.69, 9.17) is 5.73 Å². The summed E-state index contributed by atoms with van der Waals surface area (Å²) in [4.78, 5) is 24.0. The van der Waals surface area contributed by atoms with Gasteiger partial charge in [0, 0.05) is 11.9 Å². The Hall–Kier alpha value is -1.95. The maximum Gasteiger partial charge on any atom is 0.267 e. The maximum absolute atomic E-state index is 11.9. The molecule has 0 bridgehead atoms. The van der Waals surface area contributed by atoms with Crippen LogP contribution in [0.3, 0.4) is 0 Å². The van der Waals surface area contributed by atoms with Crippen LogP contribution < -0.4 is 11.3 Å². The number of hydrogen-bond donors (Lipinski definition) is 2. The SMILES string of the molecule is CSc1cccc2c1c(O)c(C(N)=O)c(=O)n2C. The van der Waals surface area contributed by atoms with Gasteiger partial charge in [-0.1, -0.05) is 6.07 Å². The predicted octanol–water partition coefficient (Wildman–Crippen LogP) is 1.06. The van der Waals surface area contributed by atoms with Gasteiger partial charge in [-0.15, -0.1) is 11.8 Å².